The average molecular weight is 330 g/mol. The Kier molecular flexibility index (Phi) is 4.19. The van der Waals surface area contributed by atoms with E-state index in [1.807, 2.05) is 19.9 Å². The van der Waals surface area contributed by atoms with E-state index in [4.69, 9.17) is 4.74 Å². The van der Waals surface area contributed by atoms with Crippen LogP contribution in [0.15, 0.2) is 53.4 Å². The van der Waals surface area contributed by atoms with Crippen molar-refractivity contribution >= 4 is 21.1 Å². The Labute approximate surface area is 135 Å². The Hall–Kier alpha value is -2.18. The van der Waals surface area contributed by atoms with Gasteiger partial charge in [-0.05, 0) is 38.1 Å². The van der Waals surface area contributed by atoms with E-state index in [9.17, 15) is 8.42 Å². The highest BCUT2D eigenvalue weighted by molar-refractivity contribution is 7.90. The van der Waals surface area contributed by atoms with Gasteiger partial charge in [-0.3, -0.25) is 0 Å². The number of rotatable bonds is 5. The fourth-order valence-corrected chi connectivity index (χ4v) is 3.90. The molecule has 0 aliphatic rings. The highest BCUT2D eigenvalue weighted by Gasteiger charge is 2.24. The minimum Gasteiger partial charge on any atom is -0.374 e. The van der Waals surface area contributed by atoms with Crippen molar-refractivity contribution in [3.63, 3.8) is 0 Å². The lowest BCUT2D eigenvalue weighted by Gasteiger charge is -2.11. The summed E-state index contributed by atoms with van der Waals surface area (Å²) in [6.07, 6.45) is 0. The molecule has 0 aliphatic heterocycles. The molecule has 0 spiro atoms. The fourth-order valence-electron chi connectivity index (χ4n) is 2.42. The second-order valence-electron chi connectivity index (χ2n) is 5.24. The minimum atomic E-state index is -3.73. The summed E-state index contributed by atoms with van der Waals surface area (Å²) >= 11 is 0. The van der Waals surface area contributed by atoms with Gasteiger partial charge in [-0.2, -0.15) is 0 Å². The third-order valence-corrected chi connectivity index (χ3v) is 5.34. The summed E-state index contributed by atoms with van der Waals surface area (Å²) < 4.78 is 32.8. The van der Waals surface area contributed by atoms with Crippen LogP contribution in [0.5, 0.6) is 0 Å². The molecule has 23 heavy (non-hydrogen) atoms. The Balaban J connectivity index is 2.22. The first kappa shape index (κ1) is 15.7. The zero-order chi connectivity index (χ0) is 16.4. The van der Waals surface area contributed by atoms with Gasteiger partial charge in [0.05, 0.1) is 15.9 Å². The molecule has 0 atom stereocenters. The standard InChI is InChI=1S/C17H18N2O3S/c1-3-22-12-17-18-15-6-4-5-7-16(15)19(17)23(20,21)14-10-8-13(2)9-11-14/h4-11H,3,12H2,1-2H3. The summed E-state index contributed by atoms with van der Waals surface area (Å²) in [7, 11) is -3.73. The summed E-state index contributed by atoms with van der Waals surface area (Å²) in [4.78, 5) is 4.66. The first-order valence-electron chi connectivity index (χ1n) is 7.40. The maximum absolute atomic E-state index is 13.1. The predicted octanol–water partition coefficient (Wildman–Crippen LogP) is 3.12. The molecule has 1 aromatic heterocycles. The molecule has 0 saturated heterocycles. The van der Waals surface area contributed by atoms with E-state index in [2.05, 4.69) is 4.98 Å². The quantitative estimate of drug-likeness (QED) is 0.721. The van der Waals surface area contributed by atoms with Gasteiger partial charge in [0.25, 0.3) is 10.0 Å². The smallest absolute Gasteiger partial charge is 0.269 e. The minimum absolute atomic E-state index is 0.149. The van der Waals surface area contributed by atoms with Crippen LogP contribution >= 0.6 is 0 Å². The Morgan fingerprint density at radius 2 is 1.78 bits per heavy atom. The summed E-state index contributed by atoms with van der Waals surface area (Å²) in [6, 6.07) is 14.0. The second kappa shape index (κ2) is 6.14. The molecule has 3 aromatic rings. The molecule has 0 unspecified atom stereocenters. The fraction of sp³-hybridized carbons (Fsp3) is 0.235. The maximum Gasteiger partial charge on any atom is 0.269 e. The Morgan fingerprint density at radius 1 is 1.09 bits per heavy atom. The van der Waals surface area contributed by atoms with Crippen LogP contribution in [-0.2, 0) is 21.4 Å². The van der Waals surface area contributed by atoms with Crippen molar-refractivity contribution in [2.45, 2.75) is 25.3 Å². The predicted molar refractivity (Wildman–Crippen MR) is 88.8 cm³/mol. The summed E-state index contributed by atoms with van der Waals surface area (Å²) in [5, 5.41) is 0. The number of aromatic nitrogens is 2. The van der Waals surface area contributed by atoms with E-state index in [0.717, 1.165) is 5.56 Å². The van der Waals surface area contributed by atoms with E-state index in [-0.39, 0.29) is 11.5 Å². The molecule has 0 aliphatic carbocycles. The van der Waals surface area contributed by atoms with E-state index in [1.54, 1.807) is 42.5 Å². The first-order valence-corrected chi connectivity index (χ1v) is 8.84. The van der Waals surface area contributed by atoms with Crippen molar-refractivity contribution in [3.05, 3.63) is 59.9 Å². The molecular formula is C17H18N2O3S. The van der Waals surface area contributed by atoms with E-state index in [0.29, 0.717) is 23.5 Å². The number of aryl methyl sites for hydroxylation is 1. The molecule has 1 heterocycles. The molecule has 2 aromatic carbocycles. The molecule has 0 fully saturated rings. The molecule has 0 radical (unpaired) electrons. The molecule has 120 valence electrons. The van der Waals surface area contributed by atoms with Crippen LogP contribution in [0.1, 0.15) is 18.3 Å². The van der Waals surface area contributed by atoms with Gasteiger partial charge in [0.2, 0.25) is 0 Å². The van der Waals surface area contributed by atoms with Gasteiger partial charge in [0, 0.05) is 6.61 Å². The molecule has 3 rings (SSSR count). The Bertz CT molecular complexity index is 928. The number of imidazole rings is 1. The molecule has 0 amide bonds. The van der Waals surface area contributed by atoms with Gasteiger partial charge in [0.1, 0.15) is 12.4 Å². The molecule has 0 saturated carbocycles. The average Bonchev–Trinajstić information content (AvgIpc) is 2.92. The van der Waals surface area contributed by atoms with Gasteiger partial charge < -0.3 is 4.74 Å². The lowest BCUT2D eigenvalue weighted by Crippen LogP contribution is -2.16. The third kappa shape index (κ3) is 2.87. The molecule has 6 heteroatoms. The van der Waals surface area contributed by atoms with Gasteiger partial charge in [-0.25, -0.2) is 17.4 Å². The van der Waals surface area contributed by atoms with Crippen LogP contribution in [-0.4, -0.2) is 24.0 Å². The lowest BCUT2D eigenvalue weighted by molar-refractivity contribution is 0.128. The van der Waals surface area contributed by atoms with E-state index >= 15 is 0 Å². The lowest BCUT2D eigenvalue weighted by atomic mass is 10.2. The first-order chi connectivity index (χ1) is 11.0. The van der Waals surface area contributed by atoms with Crippen molar-refractivity contribution in [3.8, 4) is 0 Å². The number of nitrogens with zero attached hydrogens (tertiary/aromatic N) is 2. The maximum atomic E-state index is 13.1. The van der Waals surface area contributed by atoms with Crippen LogP contribution in [0.2, 0.25) is 0 Å². The highest BCUT2D eigenvalue weighted by Crippen LogP contribution is 2.24. The topological polar surface area (TPSA) is 61.2 Å². The molecule has 5 nitrogen and oxygen atoms in total. The van der Waals surface area contributed by atoms with Crippen LogP contribution in [0.4, 0.5) is 0 Å². The normalized spacial score (nSPS) is 11.9. The van der Waals surface area contributed by atoms with Crippen molar-refractivity contribution in [2.24, 2.45) is 0 Å². The van der Waals surface area contributed by atoms with Crippen LogP contribution in [0.3, 0.4) is 0 Å². The van der Waals surface area contributed by atoms with Crippen molar-refractivity contribution in [1.82, 2.24) is 8.96 Å². The highest BCUT2D eigenvalue weighted by atomic mass is 32.2. The number of hydrogen-bond donors (Lipinski definition) is 0. The third-order valence-electron chi connectivity index (χ3n) is 3.58. The van der Waals surface area contributed by atoms with Crippen molar-refractivity contribution < 1.29 is 13.2 Å². The summed E-state index contributed by atoms with van der Waals surface area (Å²) in [6.45, 7) is 4.43. The van der Waals surface area contributed by atoms with Gasteiger partial charge in [-0.15, -0.1) is 0 Å². The van der Waals surface area contributed by atoms with Gasteiger partial charge in [-0.1, -0.05) is 29.8 Å². The van der Waals surface area contributed by atoms with Crippen LogP contribution < -0.4 is 0 Å². The van der Waals surface area contributed by atoms with E-state index < -0.39 is 10.0 Å². The summed E-state index contributed by atoms with van der Waals surface area (Å²) in [5.74, 6) is 0.383. The summed E-state index contributed by atoms with van der Waals surface area (Å²) in [5.41, 5.74) is 2.20. The molecule has 0 N–H and O–H groups in total. The number of fused-ring (bicyclic) bond motifs is 1. The number of benzene rings is 2. The SMILES string of the molecule is CCOCc1nc2ccccc2n1S(=O)(=O)c1ccc(C)cc1. The zero-order valence-electron chi connectivity index (χ0n) is 13.1. The van der Waals surface area contributed by atoms with Crippen LogP contribution in [0, 0.1) is 6.92 Å². The monoisotopic (exact) mass is 330 g/mol. The molecule has 0 bridgehead atoms. The Morgan fingerprint density at radius 3 is 2.48 bits per heavy atom. The van der Waals surface area contributed by atoms with Crippen LogP contribution in [0.25, 0.3) is 11.0 Å². The van der Waals surface area contributed by atoms with Gasteiger partial charge in [0.15, 0.2) is 0 Å². The van der Waals surface area contributed by atoms with E-state index in [1.165, 1.54) is 3.97 Å². The van der Waals surface area contributed by atoms with Gasteiger partial charge >= 0.3 is 0 Å². The number of ether oxygens (including phenoxy) is 1. The van der Waals surface area contributed by atoms with Crippen molar-refractivity contribution in [2.75, 3.05) is 6.61 Å². The largest absolute Gasteiger partial charge is 0.374 e. The zero-order valence-corrected chi connectivity index (χ0v) is 13.9. The molecular weight excluding hydrogens is 312 g/mol. The number of para-hydroxylation sites is 2. The van der Waals surface area contributed by atoms with Crippen molar-refractivity contribution in [1.29, 1.82) is 0 Å². The second-order valence-corrected chi connectivity index (χ2v) is 7.02. The number of hydrogen-bond acceptors (Lipinski definition) is 4.